The van der Waals surface area contributed by atoms with Crippen molar-refractivity contribution < 1.29 is 14.3 Å². The lowest BCUT2D eigenvalue weighted by atomic mass is 9.79. The Hall–Kier alpha value is -2.86. The number of ether oxygens (including phenoxy) is 1. The summed E-state index contributed by atoms with van der Waals surface area (Å²) in [5, 5.41) is 3.18. The number of rotatable bonds is 7. The molecule has 1 N–H and O–H groups in total. The van der Waals surface area contributed by atoms with Gasteiger partial charge in [0.15, 0.2) is 0 Å². The van der Waals surface area contributed by atoms with Gasteiger partial charge in [-0.15, -0.1) is 0 Å². The Morgan fingerprint density at radius 3 is 2.41 bits per heavy atom. The largest absolute Gasteiger partial charge is 0.497 e. The molecule has 2 heterocycles. The number of nitrogens with one attached hydrogen (secondary N) is 1. The van der Waals surface area contributed by atoms with Crippen LogP contribution in [0.25, 0.3) is 0 Å². The Bertz CT molecular complexity index is 996. The molecule has 2 amide bonds. The Morgan fingerprint density at radius 1 is 1.06 bits per heavy atom. The van der Waals surface area contributed by atoms with Crippen molar-refractivity contribution in [2.24, 2.45) is 11.8 Å². The van der Waals surface area contributed by atoms with E-state index in [2.05, 4.69) is 24.1 Å². The first-order chi connectivity index (χ1) is 16.4. The van der Waals surface area contributed by atoms with E-state index < -0.39 is 5.92 Å². The van der Waals surface area contributed by atoms with Crippen LogP contribution in [0.5, 0.6) is 5.75 Å². The van der Waals surface area contributed by atoms with Crippen LogP contribution >= 0.6 is 0 Å². The first kappa shape index (κ1) is 24.3. The quantitative estimate of drug-likeness (QED) is 0.629. The molecule has 2 aliphatic heterocycles. The molecule has 0 radical (unpaired) electrons. The number of nitrogens with zero attached hydrogens (tertiary/aromatic N) is 2. The molecule has 4 atom stereocenters. The zero-order chi connectivity index (χ0) is 24.2. The standard InChI is InChI=1S/C28H37N3O3/c1-19-16-20(2)18-31(17-19)15-7-14-29-27(32)25-23-8-5-6-9-24(23)28(33)30(3)26(25)21-10-12-22(34-4)13-11-21/h5-6,8-13,19-20,25-26H,7,14-18H2,1-4H3,(H,29,32). The lowest BCUT2D eigenvalue weighted by molar-refractivity contribution is -0.124. The molecule has 1 saturated heterocycles. The number of fused-ring (bicyclic) bond motifs is 1. The van der Waals surface area contributed by atoms with Crippen molar-refractivity contribution in [2.75, 3.05) is 40.3 Å². The number of methoxy groups -OCH3 is 1. The van der Waals surface area contributed by atoms with Crippen molar-refractivity contribution >= 4 is 11.8 Å². The molecule has 0 saturated carbocycles. The molecule has 2 aromatic carbocycles. The molecule has 4 unspecified atom stereocenters. The van der Waals surface area contributed by atoms with E-state index in [1.807, 2.05) is 48.5 Å². The lowest BCUT2D eigenvalue weighted by Gasteiger charge is -2.40. The molecule has 0 aliphatic carbocycles. The number of hydrogen-bond acceptors (Lipinski definition) is 4. The van der Waals surface area contributed by atoms with Crippen LogP contribution in [0, 0.1) is 11.8 Å². The number of amides is 2. The van der Waals surface area contributed by atoms with Crippen molar-refractivity contribution in [1.82, 2.24) is 15.1 Å². The molecule has 4 rings (SSSR count). The highest BCUT2D eigenvalue weighted by Gasteiger charge is 2.42. The predicted molar refractivity (Wildman–Crippen MR) is 134 cm³/mol. The highest BCUT2D eigenvalue weighted by atomic mass is 16.5. The van der Waals surface area contributed by atoms with Crippen LogP contribution in [-0.4, -0.2) is 62.0 Å². The van der Waals surface area contributed by atoms with Gasteiger partial charge >= 0.3 is 0 Å². The van der Waals surface area contributed by atoms with Crippen molar-refractivity contribution in [3.8, 4) is 5.75 Å². The number of hydrogen-bond donors (Lipinski definition) is 1. The van der Waals surface area contributed by atoms with Gasteiger partial charge in [0.25, 0.3) is 5.91 Å². The van der Waals surface area contributed by atoms with Crippen LogP contribution in [0.4, 0.5) is 0 Å². The van der Waals surface area contributed by atoms with Crippen LogP contribution in [-0.2, 0) is 4.79 Å². The van der Waals surface area contributed by atoms with Crippen LogP contribution in [0.3, 0.4) is 0 Å². The lowest BCUT2D eigenvalue weighted by Crippen LogP contribution is -2.46. The van der Waals surface area contributed by atoms with Gasteiger partial charge in [-0.1, -0.05) is 44.2 Å². The van der Waals surface area contributed by atoms with E-state index in [0.29, 0.717) is 12.1 Å². The molecule has 6 heteroatoms. The maximum Gasteiger partial charge on any atom is 0.254 e. The Kier molecular flexibility index (Phi) is 7.57. The molecule has 6 nitrogen and oxygen atoms in total. The first-order valence-electron chi connectivity index (χ1n) is 12.4. The predicted octanol–water partition coefficient (Wildman–Crippen LogP) is 4.09. The number of likely N-dealkylation sites (N-methyl/N-ethyl adjacent to an activating group) is 1. The molecule has 2 aliphatic rings. The zero-order valence-electron chi connectivity index (χ0n) is 20.8. The van der Waals surface area contributed by atoms with E-state index in [4.69, 9.17) is 4.74 Å². The Balaban J connectivity index is 1.50. The van der Waals surface area contributed by atoms with E-state index in [1.54, 1.807) is 19.1 Å². The smallest absolute Gasteiger partial charge is 0.254 e. The van der Waals surface area contributed by atoms with Gasteiger partial charge in [-0.25, -0.2) is 0 Å². The summed E-state index contributed by atoms with van der Waals surface area (Å²) in [5.74, 6) is 1.64. The maximum atomic E-state index is 13.6. The fraction of sp³-hybridized carbons (Fsp3) is 0.500. The van der Waals surface area contributed by atoms with Crippen LogP contribution in [0.15, 0.2) is 48.5 Å². The van der Waals surface area contributed by atoms with Gasteiger partial charge < -0.3 is 19.9 Å². The normalized spacial score (nSPS) is 25.1. The topological polar surface area (TPSA) is 61.9 Å². The minimum Gasteiger partial charge on any atom is -0.497 e. The van der Waals surface area contributed by atoms with E-state index in [-0.39, 0.29) is 17.9 Å². The summed E-state index contributed by atoms with van der Waals surface area (Å²) in [7, 11) is 3.41. The summed E-state index contributed by atoms with van der Waals surface area (Å²) >= 11 is 0. The van der Waals surface area contributed by atoms with Crippen molar-refractivity contribution in [2.45, 2.75) is 38.6 Å². The summed E-state index contributed by atoms with van der Waals surface area (Å²) in [6.45, 7) is 8.55. The van der Waals surface area contributed by atoms with Gasteiger partial charge in [0.1, 0.15) is 5.75 Å². The molecule has 0 spiro atoms. The highest BCUT2D eigenvalue weighted by Crippen LogP contribution is 2.42. The Morgan fingerprint density at radius 2 is 1.74 bits per heavy atom. The van der Waals surface area contributed by atoms with Crippen molar-refractivity contribution in [3.05, 3.63) is 65.2 Å². The highest BCUT2D eigenvalue weighted by molar-refractivity contribution is 6.01. The number of likely N-dealkylation sites (tertiary alicyclic amines) is 1. The van der Waals surface area contributed by atoms with Gasteiger partial charge in [-0.3, -0.25) is 9.59 Å². The van der Waals surface area contributed by atoms with Crippen LogP contribution in [0.1, 0.15) is 60.1 Å². The third-order valence-electron chi connectivity index (χ3n) is 7.21. The van der Waals surface area contributed by atoms with Crippen molar-refractivity contribution in [1.29, 1.82) is 0 Å². The summed E-state index contributed by atoms with van der Waals surface area (Å²) in [5.41, 5.74) is 2.32. The van der Waals surface area contributed by atoms with Gasteiger partial charge in [0.05, 0.1) is 19.1 Å². The number of carbonyl (C=O) groups excluding carboxylic acids is 2. The number of piperidine rings is 1. The van der Waals surface area contributed by atoms with Gasteiger partial charge in [-0.2, -0.15) is 0 Å². The van der Waals surface area contributed by atoms with Gasteiger partial charge in [-0.05, 0) is 60.5 Å². The van der Waals surface area contributed by atoms with Gasteiger partial charge in [0.2, 0.25) is 5.91 Å². The van der Waals surface area contributed by atoms with Crippen LogP contribution in [0.2, 0.25) is 0 Å². The number of carbonyl (C=O) groups is 2. The SMILES string of the molecule is COc1ccc(C2C(C(=O)NCCCN3CC(C)CC(C)C3)c3ccccc3C(=O)N2C)cc1. The average molecular weight is 464 g/mol. The average Bonchev–Trinajstić information content (AvgIpc) is 2.83. The fourth-order valence-corrected chi connectivity index (χ4v) is 5.77. The third-order valence-corrected chi connectivity index (χ3v) is 7.21. The molecular weight excluding hydrogens is 426 g/mol. The third kappa shape index (κ3) is 5.12. The molecule has 182 valence electrons. The fourth-order valence-electron chi connectivity index (χ4n) is 5.77. The maximum absolute atomic E-state index is 13.6. The van der Waals surface area contributed by atoms with E-state index in [9.17, 15) is 9.59 Å². The minimum absolute atomic E-state index is 0.0343. The molecule has 34 heavy (non-hydrogen) atoms. The zero-order valence-corrected chi connectivity index (χ0v) is 20.8. The Labute approximate surface area is 203 Å². The summed E-state index contributed by atoms with van der Waals surface area (Å²) < 4.78 is 5.30. The second-order valence-electron chi connectivity index (χ2n) is 10.0. The van der Waals surface area contributed by atoms with Crippen LogP contribution < -0.4 is 10.1 Å². The minimum atomic E-state index is -0.470. The van der Waals surface area contributed by atoms with Crippen molar-refractivity contribution in [3.63, 3.8) is 0 Å². The monoisotopic (exact) mass is 463 g/mol. The summed E-state index contributed by atoms with van der Waals surface area (Å²) in [6.07, 6.45) is 2.22. The second kappa shape index (κ2) is 10.6. The van der Waals surface area contributed by atoms with E-state index in [0.717, 1.165) is 54.8 Å². The van der Waals surface area contributed by atoms with Gasteiger partial charge in [0, 0.05) is 32.2 Å². The summed E-state index contributed by atoms with van der Waals surface area (Å²) in [6, 6.07) is 14.8. The summed E-state index contributed by atoms with van der Waals surface area (Å²) in [4.78, 5) is 31.0. The molecular formula is C28H37N3O3. The molecule has 0 aromatic heterocycles. The van der Waals surface area contributed by atoms with E-state index >= 15 is 0 Å². The first-order valence-corrected chi connectivity index (χ1v) is 12.4. The number of benzene rings is 2. The molecule has 2 aromatic rings. The second-order valence-corrected chi connectivity index (χ2v) is 10.0. The van der Waals surface area contributed by atoms with E-state index in [1.165, 1.54) is 6.42 Å². The molecule has 1 fully saturated rings. The molecule has 0 bridgehead atoms.